The van der Waals surface area contributed by atoms with Gasteiger partial charge >= 0.3 is 0 Å². The van der Waals surface area contributed by atoms with Crippen LogP contribution in [-0.4, -0.2) is 56.0 Å². The van der Waals surface area contributed by atoms with Crippen LogP contribution in [0.4, 0.5) is 5.82 Å². The number of carbonyl (C=O) groups is 1. The molecule has 0 unspecified atom stereocenters. The Labute approximate surface area is 168 Å². The molecule has 1 aliphatic heterocycles. The molecule has 3 aromatic rings. The maximum atomic E-state index is 12.3. The molecule has 0 saturated carbocycles. The number of rotatable bonds is 5. The lowest BCUT2D eigenvalue weighted by atomic mass is 10.0. The summed E-state index contributed by atoms with van der Waals surface area (Å²) in [4.78, 5) is 23.0. The molecule has 1 fully saturated rings. The second-order valence-corrected chi connectivity index (χ2v) is 6.85. The first-order chi connectivity index (χ1) is 14.2. The molecule has 1 amide bonds. The Kier molecular flexibility index (Phi) is 5.62. The van der Waals surface area contributed by atoms with Crippen molar-refractivity contribution >= 4 is 17.8 Å². The quantitative estimate of drug-likeness (QED) is 0.640. The average molecular weight is 390 g/mol. The average Bonchev–Trinajstić information content (AvgIpc) is 3.30. The maximum Gasteiger partial charge on any atom is 0.244 e. The topological polar surface area (TPSA) is 96.2 Å². The number of aliphatic hydroxyl groups excluding tert-OH is 1. The molecule has 2 aromatic heterocycles. The molecule has 1 aliphatic rings. The highest BCUT2D eigenvalue weighted by Gasteiger charge is 2.29. The summed E-state index contributed by atoms with van der Waals surface area (Å²) in [5.74, 6) is 1.16. The van der Waals surface area contributed by atoms with E-state index in [1.807, 2.05) is 53.6 Å². The number of hydrogen-bond donors (Lipinski definition) is 2. The van der Waals surface area contributed by atoms with Crippen LogP contribution in [0.1, 0.15) is 12.0 Å². The summed E-state index contributed by atoms with van der Waals surface area (Å²) in [6, 6.07) is 12.9. The fourth-order valence-corrected chi connectivity index (χ4v) is 3.30. The Hall–Kier alpha value is -3.52. The van der Waals surface area contributed by atoms with Gasteiger partial charge in [-0.1, -0.05) is 30.3 Å². The first kappa shape index (κ1) is 18.8. The van der Waals surface area contributed by atoms with E-state index in [4.69, 9.17) is 0 Å². The lowest BCUT2D eigenvalue weighted by Gasteiger charge is -2.37. The van der Waals surface area contributed by atoms with Crippen molar-refractivity contribution in [2.24, 2.45) is 0 Å². The second-order valence-electron chi connectivity index (χ2n) is 6.85. The van der Waals surface area contributed by atoms with E-state index in [-0.39, 0.29) is 11.9 Å². The van der Waals surface area contributed by atoms with E-state index < -0.39 is 6.10 Å². The molecule has 3 heterocycles. The van der Waals surface area contributed by atoms with Crippen LogP contribution in [0.2, 0.25) is 0 Å². The smallest absolute Gasteiger partial charge is 0.244 e. The molecule has 0 radical (unpaired) electrons. The lowest BCUT2D eigenvalue weighted by Crippen LogP contribution is -2.55. The van der Waals surface area contributed by atoms with Gasteiger partial charge in [-0.2, -0.15) is 5.10 Å². The number of carbonyl (C=O) groups excluding carboxylic acids is 1. The largest absolute Gasteiger partial charge is 0.391 e. The first-order valence-electron chi connectivity index (χ1n) is 9.48. The van der Waals surface area contributed by atoms with Crippen molar-refractivity contribution in [3.63, 3.8) is 0 Å². The van der Waals surface area contributed by atoms with Crippen molar-refractivity contribution in [2.75, 3.05) is 18.0 Å². The molecular formula is C21H22N6O2. The van der Waals surface area contributed by atoms with Gasteiger partial charge < -0.3 is 15.3 Å². The molecule has 2 atom stereocenters. The van der Waals surface area contributed by atoms with Gasteiger partial charge in [0.05, 0.1) is 12.1 Å². The minimum Gasteiger partial charge on any atom is -0.391 e. The molecule has 8 heteroatoms. The van der Waals surface area contributed by atoms with Gasteiger partial charge in [-0.05, 0) is 24.1 Å². The maximum absolute atomic E-state index is 12.3. The predicted molar refractivity (Wildman–Crippen MR) is 109 cm³/mol. The second kappa shape index (κ2) is 8.66. The molecule has 4 rings (SSSR count). The number of aliphatic hydroxyl groups is 1. The van der Waals surface area contributed by atoms with Gasteiger partial charge in [-0.3, -0.25) is 4.79 Å². The third-order valence-corrected chi connectivity index (χ3v) is 4.83. The number of nitrogens with one attached hydrogen (secondary N) is 1. The van der Waals surface area contributed by atoms with Gasteiger partial charge in [0.25, 0.3) is 0 Å². The highest BCUT2D eigenvalue weighted by molar-refractivity contribution is 5.92. The molecule has 1 saturated heterocycles. The Balaban J connectivity index is 1.42. The number of anilines is 1. The van der Waals surface area contributed by atoms with Crippen LogP contribution >= 0.6 is 0 Å². The molecule has 2 N–H and O–H groups in total. The zero-order valence-corrected chi connectivity index (χ0v) is 15.8. The number of amides is 1. The van der Waals surface area contributed by atoms with Gasteiger partial charge in [0, 0.05) is 37.6 Å². The van der Waals surface area contributed by atoms with Gasteiger partial charge in [-0.25, -0.2) is 14.6 Å². The van der Waals surface area contributed by atoms with E-state index in [2.05, 4.69) is 20.4 Å². The fourth-order valence-electron chi connectivity index (χ4n) is 3.30. The number of benzene rings is 1. The highest BCUT2D eigenvalue weighted by Crippen LogP contribution is 2.19. The molecule has 1 aromatic carbocycles. The van der Waals surface area contributed by atoms with Gasteiger partial charge in [0.2, 0.25) is 5.91 Å². The number of aromatic nitrogens is 4. The van der Waals surface area contributed by atoms with Crippen LogP contribution in [-0.2, 0) is 4.79 Å². The van der Waals surface area contributed by atoms with Gasteiger partial charge in [0.15, 0.2) is 5.82 Å². The summed E-state index contributed by atoms with van der Waals surface area (Å²) in [5, 5.41) is 17.5. The van der Waals surface area contributed by atoms with Crippen molar-refractivity contribution in [1.29, 1.82) is 0 Å². The van der Waals surface area contributed by atoms with Crippen molar-refractivity contribution in [3.8, 4) is 5.82 Å². The first-order valence-corrected chi connectivity index (χ1v) is 9.48. The molecule has 148 valence electrons. The standard InChI is InChI=1S/C21H22N6O2/c28-18-9-12-26(19-13-20(23-15-22-19)27-11-4-10-24-27)14-17(18)25-21(29)8-7-16-5-2-1-3-6-16/h1-8,10-11,13,15,17-18,28H,9,12,14H2,(H,25,29)/t17-,18+/m1/s1. The molecule has 0 spiro atoms. The third kappa shape index (κ3) is 4.67. The van der Waals surface area contributed by atoms with Crippen LogP contribution in [0.15, 0.2) is 67.3 Å². The summed E-state index contributed by atoms with van der Waals surface area (Å²) in [6.45, 7) is 1.10. The Morgan fingerprint density at radius 1 is 1.17 bits per heavy atom. The lowest BCUT2D eigenvalue weighted by molar-refractivity contribution is -0.118. The van der Waals surface area contributed by atoms with Crippen molar-refractivity contribution in [1.82, 2.24) is 25.1 Å². The van der Waals surface area contributed by atoms with Crippen molar-refractivity contribution in [3.05, 3.63) is 72.8 Å². The zero-order chi connectivity index (χ0) is 20.1. The van der Waals surface area contributed by atoms with Crippen molar-refractivity contribution in [2.45, 2.75) is 18.6 Å². The Morgan fingerprint density at radius 2 is 2.00 bits per heavy atom. The van der Waals surface area contributed by atoms with Crippen LogP contribution in [0.25, 0.3) is 11.9 Å². The van der Waals surface area contributed by atoms with E-state index >= 15 is 0 Å². The van der Waals surface area contributed by atoms with E-state index in [9.17, 15) is 9.90 Å². The Bertz CT molecular complexity index is 974. The van der Waals surface area contributed by atoms with E-state index in [0.29, 0.717) is 25.3 Å². The van der Waals surface area contributed by atoms with Gasteiger partial charge in [0.1, 0.15) is 12.1 Å². The SMILES string of the molecule is O=C(C=Cc1ccccc1)N[C@@H]1CN(c2cc(-n3cccn3)ncn2)CC[C@@H]1O. The Morgan fingerprint density at radius 3 is 2.79 bits per heavy atom. The van der Waals surface area contributed by atoms with Crippen LogP contribution in [0.3, 0.4) is 0 Å². The summed E-state index contributed by atoms with van der Waals surface area (Å²) in [5.41, 5.74) is 0.945. The fraction of sp³-hybridized carbons (Fsp3) is 0.238. The number of nitrogens with zero attached hydrogens (tertiary/aromatic N) is 5. The van der Waals surface area contributed by atoms with Crippen LogP contribution in [0.5, 0.6) is 0 Å². The molecule has 8 nitrogen and oxygen atoms in total. The van der Waals surface area contributed by atoms with E-state index in [1.54, 1.807) is 17.0 Å². The zero-order valence-electron chi connectivity index (χ0n) is 15.8. The summed E-state index contributed by atoms with van der Waals surface area (Å²) in [7, 11) is 0. The van der Waals surface area contributed by atoms with E-state index in [0.717, 1.165) is 11.4 Å². The summed E-state index contributed by atoms with van der Waals surface area (Å²) >= 11 is 0. The summed E-state index contributed by atoms with van der Waals surface area (Å²) < 4.78 is 1.66. The minimum atomic E-state index is -0.604. The monoisotopic (exact) mass is 390 g/mol. The van der Waals surface area contributed by atoms with Crippen LogP contribution < -0.4 is 10.2 Å². The summed E-state index contributed by atoms with van der Waals surface area (Å²) in [6.07, 6.45) is 8.17. The normalized spacial score (nSPS) is 19.4. The van der Waals surface area contributed by atoms with E-state index in [1.165, 1.54) is 12.4 Å². The minimum absolute atomic E-state index is 0.236. The highest BCUT2D eigenvalue weighted by atomic mass is 16.3. The van der Waals surface area contributed by atoms with Gasteiger partial charge in [-0.15, -0.1) is 0 Å². The number of piperidine rings is 1. The molecule has 0 aliphatic carbocycles. The van der Waals surface area contributed by atoms with Crippen molar-refractivity contribution < 1.29 is 9.90 Å². The molecule has 0 bridgehead atoms. The molecular weight excluding hydrogens is 368 g/mol. The predicted octanol–water partition coefficient (Wildman–Crippen LogP) is 1.43. The third-order valence-electron chi connectivity index (χ3n) is 4.83. The van der Waals surface area contributed by atoms with Crippen LogP contribution in [0, 0.1) is 0 Å². The number of hydrogen-bond acceptors (Lipinski definition) is 6. The molecule has 29 heavy (non-hydrogen) atoms.